The topological polar surface area (TPSA) is 25.8 Å². The third kappa shape index (κ3) is 6.61. The fourth-order valence-corrected chi connectivity index (χ4v) is 8.65. The number of hydrogen-bond donors (Lipinski definition) is 0. The summed E-state index contributed by atoms with van der Waals surface area (Å²) in [6.07, 6.45) is 0. The van der Waals surface area contributed by atoms with E-state index in [1.807, 2.05) is 18.2 Å². The van der Waals surface area contributed by atoms with Gasteiger partial charge in [0.25, 0.3) is 0 Å². The second-order valence-electron chi connectivity index (χ2n) is 15.4. The van der Waals surface area contributed by atoms with E-state index in [1.165, 1.54) is 54.6 Å². The summed E-state index contributed by atoms with van der Waals surface area (Å²) < 4.78 is 0. The molecular weight excluding hydrogens is 725 g/mol. The molecule has 0 saturated carbocycles. The first-order valence-electron chi connectivity index (χ1n) is 20.5. The second-order valence-corrected chi connectivity index (χ2v) is 15.4. The molecule has 280 valence electrons. The van der Waals surface area contributed by atoms with Crippen LogP contribution in [0.3, 0.4) is 0 Å². The van der Waals surface area contributed by atoms with Gasteiger partial charge in [0.1, 0.15) is 0 Å². The lowest BCUT2D eigenvalue weighted by molar-refractivity contribution is 1.18. The number of aromatic nitrogens is 2. The van der Waals surface area contributed by atoms with E-state index in [2.05, 4.69) is 212 Å². The maximum atomic E-state index is 5.20. The van der Waals surface area contributed by atoms with Gasteiger partial charge in [-0.3, -0.25) is 0 Å². The van der Waals surface area contributed by atoms with Crippen molar-refractivity contribution in [3.05, 3.63) is 231 Å². The van der Waals surface area contributed by atoms with E-state index in [4.69, 9.17) is 9.97 Å². The largest absolute Gasteiger partial charge is 0.228 e. The summed E-state index contributed by atoms with van der Waals surface area (Å²) in [5.41, 5.74) is 14.3. The Morgan fingerprint density at radius 2 is 0.667 bits per heavy atom. The molecule has 0 atom stereocenters. The quantitative estimate of drug-likeness (QED) is 0.119. The number of nitrogens with zero attached hydrogens (tertiary/aromatic N) is 2. The molecule has 11 rings (SSSR count). The van der Waals surface area contributed by atoms with Crippen molar-refractivity contribution in [1.82, 2.24) is 9.97 Å². The van der Waals surface area contributed by atoms with Gasteiger partial charge in [0.2, 0.25) is 0 Å². The highest BCUT2D eigenvalue weighted by Crippen LogP contribution is 2.41. The van der Waals surface area contributed by atoms with E-state index in [0.717, 1.165) is 50.3 Å². The van der Waals surface area contributed by atoms with Crippen LogP contribution in [0.15, 0.2) is 231 Å². The lowest BCUT2D eigenvalue weighted by Gasteiger charge is -2.15. The first kappa shape index (κ1) is 35.2. The zero-order valence-corrected chi connectivity index (χ0v) is 32.8. The highest BCUT2D eigenvalue weighted by Gasteiger charge is 2.15. The summed E-state index contributed by atoms with van der Waals surface area (Å²) >= 11 is 0. The summed E-state index contributed by atoms with van der Waals surface area (Å²) in [6.45, 7) is 0. The third-order valence-electron chi connectivity index (χ3n) is 11.7. The van der Waals surface area contributed by atoms with Crippen molar-refractivity contribution in [1.29, 1.82) is 0 Å². The molecule has 0 aliphatic carbocycles. The molecule has 11 aromatic rings. The normalized spacial score (nSPS) is 11.3. The predicted octanol–water partition coefficient (Wildman–Crippen LogP) is 15.6. The van der Waals surface area contributed by atoms with Crippen molar-refractivity contribution in [3.63, 3.8) is 0 Å². The molecule has 0 aliphatic heterocycles. The van der Waals surface area contributed by atoms with Crippen LogP contribution < -0.4 is 0 Å². The van der Waals surface area contributed by atoms with Crippen LogP contribution in [0.25, 0.3) is 111 Å². The van der Waals surface area contributed by atoms with Crippen LogP contribution in [0.2, 0.25) is 0 Å². The highest BCUT2D eigenvalue weighted by molar-refractivity contribution is 6.20. The number of benzene rings is 10. The van der Waals surface area contributed by atoms with Crippen LogP contribution in [0.4, 0.5) is 0 Å². The summed E-state index contributed by atoms with van der Waals surface area (Å²) in [6, 6.07) is 82.5. The summed E-state index contributed by atoms with van der Waals surface area (Å²) in [5, 5.41) is 7.55. The Morgan fingerprint density at radius 3 is 1.32 bits per heavy atom. The van der Waals surface area contributed by atoms with E-state index < -0.39 is 0 Å². The Labute approximate surface area is 349 Å². The van der Waals surface area contributed by atoms with Gasteiger partial charge in [-0.05, 0) is 107 Å². The third-order valence-corrected chi connectivity index (χ3v) is 11.7. The van der Waals surface area contributed by atoms with Crippen LogP contribution >= 0.6 is 0 Å². The molecule has 0 spiro atoms. The lowest BCUT2D eigenvalue weighted by Crippen LogP contribution is -1.96. The smallest absolute Gasteiger partial charge is 0.160 e. The fraction of sp³-hybridized carbons (Fsp3) is 0. The molecule has 0 aliphatic rings. The van der Waals surface area contributed by atoms with Gasteiger partial charge in [0.15, 0.2) is 5.82 Å². The number of rotatable bonds is 7. The first-order valence-corrected chi connectivity index (χ1v) is 20.5. The molecule has 0 amide bonds. The molecular formula is C58H38N2. The van der Waals surface area contributed by atoms with Gasteiger partial charge < -0.3 is 0 Å². The zero-order valence-electron chi connectivity index (χ0n) is 32.8. The van der Waals surface area contributed by atoms with E-state index in [1.54, 1.807) is 0 Å². The molecule has 10 aromatic carbocycles. The Bertz CT molecular complexity index is 3350. The molecule has 0 unspecified atom stereocenters. The standard InChI is InChI=1S/C58H38N2/c1-3-14-39(15-4-1)40-28-30-41(31-29-40)44-20-11-23-48(34-44)55-38-56(60-58(59-55)43-17-5-2-6-18-43)49-24-12-21-45(35-49)46-22-13-25-50(36-46)57-52-27-10-8-19-47(52)37-54-51-26-9-7-16-42(51)32-33-53(54)57/h1-38H. The van der Waals surface area contributed by atoms with Gasteiger partial charge in [-0.25, -0.2) is 9.97 Å². The van der Waals surface area contributed by atoms with Crippen LogP contribution in [0.1, 0.15) is 0 Å². The summed E-state index contributed by atoms with van der Waals surface area (Å²) in [5.74, 6) is 0.698. The molecule has 0 bridgehead atoms. The highest BCUT2D eigenvalue weighted by atomic mass is 14.9. The predicted molar refractivity (Wildman–Crippen MR) is 253 cm³/mol. The van der Waals surface area contributed by atoms with E-state index in [9.17, 15) is 0 Å². The zero-order chi connectivity index (χ0) is 39.8. The van der Waals surface area contributed by atoms with Crippen LogP contribution in [-0.4, -0.2) is 9.97 Å². The van der Waals surface area contributed by atoms with Gasteiger partial charge >= 0.3 is 0 Å². The summed E-state index contributed by atoms with van der Waals surface area (Å²) in [7, 11) is 0. The van der Waals surface area contributed by atoms with Gasteiger partial charge in [0.05, 0.1) is 11.4 Å². The minimum Gasteiger partial charge on any atom is -0.228 e. The van der Waals surface area contributed by atoms with Crippen molar-refractivity contribution >= 4 is 32.3 Å². The Hall–Kier alpha value is -7.94. The Morgan fingerprint density at radius 1 is 0.217 bits per heavy atom. The summed E-state index contributed by atoms with van der Waals surface area (Å²) in [4.78, 5) is 10.4. The van der Waals surface area contributed by atoms with Crippen LogP contribution in [0, 0.1) is 0 Å². The Kier molecular flexibility index (Phi) is 8.87. The van der Waals surface area contributed by atoms with Crippen LogP contribution in [-0.2, 0) is 0 Å². The van der Waals surface area contributed by atoms with Crippen LogP contribution in [0.5, 0.6) is 0 Å². The molecule has 0 radical (unpaired) electrons. The maximum Gasteiger partial charge on any atom is 0.160 e. The second kappa shape index (κ2) is 15.1. The number of hydrogen-bond acceptors (Lipinski definition) is 2. The van der Waals surface area contributed by atoms with Gasteiger partial charge in [-0.1, -0.05) is 200 Å². The molecule has 60 heavy (non-hydrogen) atoms. The minimum atomic E-state index is 0.698. The number of fused-ring (bicyclic) bond motifs is 4. The van der Waals surface area contributed by atoms with Crippen molar-refractivity contribution in [2.75, 3.05) is 0 Å². The average molecular weight is 763 g/mol. The monoisotopic (exact) mass is 762 g/mol. The first-order chi connectivity index (χ1) is 29.7. The van der Waals surface area contributed by atoms with Crippen molar-refractivity contribution in [2.45, 2.75) is 0 Å². The van der Waals surface area contributed by atoms with Crippen molar-refractivity contribution in [2.24, 2.45) is 0 Å². The molecule has 0 fully saturated rings. The molecule has 2 heteroatoms. The molecule has 2 nitrogen and oxygen atoms in total. The van der Waals surface area contributed by atoms with Crippen molar-refractivity contribution in [3.8, 4) is 78.4 Å². The fourth-order valence-electron chi connectivity index (χ4n) is 8.65. The molecule has 1 heterocycles. The SMILES string of the molecule is c1ccc(-c2ccc(-c3cccc(-c4cc(-c5cccc(-c6cccc(-c7c8ccccc8cc8c7ccc7ccccc78)c6)c5)nc(-c5ccccc5)n4)c3)cc2)cc1. The molecule has 0 N–H and O–H groups in total. The minimum absolute atomic E-state index is 0.698. The molecule has 0 saturated heterocycles. The van der Waals surface area contributed by atoms with E-state index in [0.29, 0.717) is 5.82 Å². The van der Waals surface area contributed by atoms with E-state index in [-0.39, 0.29) is 0 Å². The van der Waals surface area contributed by atoms with Crippen molar-refractivity contribution < 1.29 is 0 Å². The van der Waals surface area contributed by atoms with Gasteiger partial charge in [-0.15, -0.1) is 0 Å². The van der Waals surface area contributed by atoms with Gasteiger partial charge in [0, 0.05) is 16.7 Å². The Balaban J connectivity index is 0.996. The lowest BCUT2D eigenvalue weighted by atomic mass is 9.88. The molecule has 1 aromatic heterocycles. The average Bonchev–Trinajstić information content (AvgIpc) is 3.34. The van der Waals surface area contributed by atoms with Gasteiger partial charge in [-0.2, -0.15) is 0 Å². The maximum absolute atomic E-state index is 5.20. The van der Waals surface area contributed by atoms with E-state index >= 15 is 0 Å².